The smallest absolute Gasteiger partial charge is 0.209 e. The first kappa shape index (κ1) is 17.8. The standard InChI is InChI=1S/C25H28N2/c1-6-27-21-15-10-8-13-19(21)25(4,5)23(27)17-11-16-22-24(2,3)18-12-7-9-14-20(18)26-22/h7-17H,6H2,1-5H3/p+1. The van der Waals surface area contributed by atoms with Gasteiger partial charge in [-0.25, -0.2) is 0 Å². The molecule has 2 nitrogen and oxygen atoms in total. The van der Waals surface area contributed by atoms with Crippen molar-refractivity contribution in [2.45, 2.75) is 45.4 Å². The first-order valence-electron chi connectivity index (χ1n) is 9.87. The Morgan fingerprint density at radius 1 is 0.889 bits per heavy atom. The molecule has 0 spiro atoms. The Hall–Kier alpha value is -2.61. The van der Waals surface area contributed by atoms with E-state index in [9.17, 15) is 0 Å². The molecule has 0 fully saturated rings. The van der Waals surface area contributed by atoms with Crippen molar-refractivity contribution < 1.29 is 4.58 Å². The van der Waals surface area contributed by atoms with Gasteiger partial charge in [-0.3, -0.25) is 0 Å². The Balaban J connectivity index is 1.69. The van der Waals surface area contributed by atoms with Gasteiger partial charge in [0.2, 0.25) is 5.69 Å². The molecule has 0 aliphatic carbocycles. The summed E-state index contributed by atoms with van der Waals surface area (Å²) in [6, 6.07) is 17.4. The fourth-order valence-corrected chi connectivity index (χ4v) is 4.55. The van der Waals surface area contributed by atoms with Gasteiger partial charge in [-0.05, 0) is 38.5 Å². The van der Waals surface area contributed by atoms with E-state index in [4.69, 9.17) is 0 Å². The molecular formula is C25H29N2+. The van der Waals surface area contributed by atoms with Crippen molar-refractivity contribution in [3.05, 3.63) is 83.6 Å². The molecule has 0 saturated carbocycles. The molecule has 27 heavy (non-hydrogen) atoms. The maximum atomic E-state index is 3.60. The normalized spacial score (nSPS) is 20.9. The second kappa shape index (κ2) is 6.23. The summed E-state index contributed by atoms with van der Waals surface area (Å²) in [6.07, 6.45) is 6.73. The molecule has 0 bridgehead atoms. The van der Waals surface area contributed by atoms with E-state index in [2.05, 4.69) is 111 Å². The van der Waals surface area contributed by atoms with E-state index in [1.54, 1.807) is 0 Å². The summed E-state index contributed by atoms with van der Waals surface area (Å²) in [5, 5.41) is 3.60. The molecule has 2 aliphatic rings. The summed E-state index contributed by atoms with van der Waals surface area (Å²) >= 11 is 0. The Labute approximate surface area is 162 Å². The topological polar surface area (TPSA) is 15.0 Å². The van der Waals surface area contributed by atoms with Crippen molar-refractivity contribution in [2.24, 2.45) is 0 Å². The number of rotatable bonds is 3. The Morgan fingerprint density at radius 3 is 2.26 bits per heavy atom. The van der Waals surface area contributed by atoms with Gasteiger partial charge >= 0.3 is 0 Å². The van der Waals surface area contributed by atoms with Crippen LogP contribution in [0.25, 0.3) is 0 Å². The molecular weight excluding hydrogens is 328 g/mol. The van der Waals surface area contributed by atoms with Crippen LogP contribution >= 0.6 is 0 Å². The van der Waals surface area contributed by atoms with Gasteiger partial charge in [-0.1, -0.05) is 56.3 Å². The zero-order valence-electron chi connectivity index (χ0n) is 17.0. The average molecular weight is 358 g/mol. The third-order valence-electron chi connectivity index (χ3n) is 6.18. The average Bonchev–Trinajstić information content (AvgIpc) is 3.04. The van der Waals surface area contributed by atoms with Crippen molar-refractivity contribution in [2.75, 3.05) is 11.9 Å². The van der Waals surface area contributed by atoms with Crippen LogP contribution in [0.4, 0.5) is 11.4 Å². The lowest BCUT2D eigenvalue weighted by Crippen LogP contribution is -2.27. The highest BCUT2D eigenvalue weighted by Crippen LogP contribution is 2.43. The van der Waals surface area contributed by atoms with Crippen LogP contribution in [0.15, 0.2) is 72.5 Å². The fourth-order valence-electron chi connectivity index (χ4n) is 4.55. The zero-order chi connectivity index (χ0) is 19.2. The van der Waals surface area contributed by atoms with Crippen LogP contribution in [0.5, 0.6) is 0 Å². The van der Waals surface area contributed by atoms with Crippen LogP contribution in [0.2, 0.25) is 0 Å². The highest BCUT2D eigenvalue weighted by Gasteiger charge is 2.43. The van der Waals surface area contributed by atoms with E-state index < -0.39 is 0 Å². The lowest BCUT2D eigenvalue weighted by molar-refractivity contribution is -0.433. The molecule has 2 aromatic carbocycles. The molecule has 2 heterocycles. The Morgan fingerprint density at radius 2 is 1.56 bits per heavy atom. The number of anilines is 1. The monoisotopic (exact) mass is 357 g/mol. The third kappa shape index (κ3) is 2.66. The number of nitrogens with one attached hydrogen (secondary N) is 1. The first-order chi connectivity index (χ1) is 12.9. The van der Waals surface area contributed by atoms with Crippen molar-refractivity contribution in [1.29, 1.82) is 0 Å². The second-order valence-electron chi connectivity index (χ2n) is 8.51. The summed E-state index contributed by atoms with van der Waals surface area (Å²) < 4.78 is 2.44. The van der Waals surface area contributed by atoms with Gasteiger partial charge in [-0.2, -0.15) is 4.58 Å². The van der Waals surface area contributed by atoms with Crippen molar-refractivity contribution >= 4 is 17.1 Å². The molecule has 1 N–H and O–H groups in total. The van der Waals surface area contributed by atoms with Crippen molar-refractivity contribution in [3.63, 3.8) is 0 Å². The van der Waals surface area contributed by atoms with Gasteiger partial charge in [-0.15, -0.1) is 0 Å². The van der Waals surface area contributed by atoms with Crippen LogP contribution in [0, 0.1) is 0 Å². The van der Waals surface area contributed by atoms with Crippen LogP contribution in [-0.4, -0.2) is 16.8 Å². The largest absolute Gasteiger partial charge is 0.358 e. The van der Waals surface area contributed by atoms with Crippen molar-refractivity contribution in [3.8, 4) is 0 Å². The van der Waals surface area contributed by atoms with Gasteiger partial charge < -0.3 is 5.32 Å². The summed E-state index contributed by atoms with van der Waals surface area (Å²) in [6.45, 7) is 12.4. The zero-order valence-corrected chi connectivity index (χ0v) is 17.0. The molecule has 0 atom stereocenters. The molecule has 2 aliphatic heterocycles. The number of hydrogen-bond donors (Lipinski definition) is 1. The number of allylic oxidation sites excluding steroid dienone is 4. The molecule has 0 saturated heterocycles. The summed E-state index contributed by atoms with van der Waals surface area (Å²) in [5.74, 6) is 0. The molecule has 138 valence electrons. The highest BCUT2D eigenvalue weighted by molar-refractivity contribution is 6.03. The van der Waals surface area contributed by atoms with E-state index in [1.807, 2.05) is 0 Å². The van der Waals surface area contributed by atoms with E-state index in [1.165, 1.54) is 33.9 Å². The molecule has 0 amide bonds. The number of benzene rings is 2. The first-order valence-corrected chi connectivity index (χ1v) is 9.87. The van der Waals surface area contributed by atoms with Gasteiger partial charge in [0.05, 0.1) is 5.41 Å². The second-order valence-corrected chi connectivity index (χ2v) is 8.51. The van der Waals surface area contributed by atoms with Crippen LogP contribution < -0.4 is 5.32 Å². The SMILES string of the molecule is CC[N+]1=C(C=CC=C2Nc3ccccc3C2(C)C)C(C)(C)c2ccccc21. The molecule has 0 radical (unpaired) electrons. The Kier molecular flexibility index (Phi) is 4.10. The van der Waals surface area contributed by atoms with E-state index in [0.717, 1.165) is 6.54 Å². The van der Waals surface area contributed by atoms with Crippen LogP contribution in [0.3, 0.4) is 0 Å². The predicted octanol–water partition coefficient (Wildman–Crippen LogP) is 5.93. The van der Waals surface area contributed by atoms with E-state index >= 15 is 0 Å². The van der Waals surface area contributed by atoms with Crippen LogP contribution in [-0.2, 0) is 10.8 Å². The lowest BCUT2D eigenvalue weighted by atomic mass is 9.81. The van der Waals surface area contributed by atoms with E-state index in [0.29, 0.717) is 0 Å². The molecule has 2 aromatic rings. The highest BCUT2D eigenvalue weighted by atomic mass is 15.0. The minimum Gasteiger partial charge on any atom is -0.358 e. The number of fused-ring (bicyclic) bond motifs is 2. The summed E-state index contributed by atoms with van der Waals surface area (Å²) in [5.41, 5.74) is 7.95. The minimum atomic E-state index is 0.00417. The number of para-hydroxylation sites is 2. The molecule has 2 heteroatoms. The summed E-state index contributed by atoms with van der Waals surface area (Å²) in [4.78, 5) is 0. The maximum Gasteiger partial charge on any atom is 0.209 e. The Bertz CT molecular complexity index is 987. The van der Waals surface area contributed by atoms with Crippen LogP contribution in [0.1, 0.15) is 45.7 Å². The maximum absolute atomic E-state index is 3.60. The molecule has 4 rings (SSSR count). The van der Waals surface area contributed by atoms with Crippen molar-refractivity contribution in [1.82, 2.24) is 0 Å². The van der Waals surface area contributed by atoms with E-state index in [-0.39, 0.29) is 10.8 Å². The number of hydrogen-bond acceptors (Lipinski definition) is 1. The van der Waals surface area contributed by atoms with Gasteiger partial charge in [0, 0.05) is 34.5 Å². The molecule has 0 aromatic heterocycles. The lowest BCUT2D eigenvalue weighted by Gasteiger charge is -2.20. The quantitative estimate of drug-likeness (QED) is 0.673. The van der Waals surface area contributed by atoms with Gasteiger partial charge in [0.25, 0.3) is 0 Å². The molecule has 0 unspecified atom stereocenters. The number of nitrogens with zero attached hydrogens (tertiary/aromatic N) is 1. The predicted molar refractivity (Wildman–Crippen MR) is 115 cm³/mol. The summed E-state index contributed by atoms with van der Waals surface area (Å²) in [7, 11) is 0. The van der Waals surface area contributed by atoms with Gasteiger partial charge in [0.15, 0.2) is 5.71 Å². The van der Waals surface area contributed by atoms with Gasteiger partial charge in [0.1, 0.15) is 6.54 Å². The minimum absolute atomic E-state index is 0.00417. The third-order valence-corrected chi connectivity index (χ3v) is 6.18. The fraction of sp³-hybridized carbons (Fsp3) is 0.320.